The zero-order chi connectivity index (χ0) is 22.5. The van der Waals surface area contributed by atoms with Gasteiger partial charge in [-0.25, -0.2) is 4.39 Å². The van der Waals surface area contributed by atoms with Crippen LogP contribution in [-0.2, 0) is 12.3 Å². The van der Waals surface area contributed by atoms with Gasteiger partial charge in [0.15, 0.2) is 0 Å². The topological polar surface area (TPSA) is 58.8 Å². The molecule has 8 heteroatoms. The Kier molecular flexibility index (Phi) is 7.12. The van der Waals surface area contributed by atoms with E-state index in [2.05, 4.69) is 10.1 Å². The van der Waals surface area contributed by atoms with Crippen molar-refractivity contribution in [3.63, 3.8) is 0 Å². The summed E-state index contributed by atoms with van der Waals surface area (Å²) in [4.78, 5) is 18.3. The Morgan fingerprint density at radius 1 is 1.16 bits per heavy atom. The molecule has 1 fully saturated rings. The third-order valence-corrected chi connectivity index (χ3v) is 6.56. The van der Waals surface area contributed by atoms with Gasteiger partial charge in [0.05, 0.1) is 24.1 Å². The summed E-state index contributed by atoms with van der Waals surface area (Å²) in [7, 11) is 1.59. The van der Waals surface area contributed by atoms with E-state index in [1.54, 1.807) is 24.9 Å². The van der Waals surface area contributed by atoms with Gasteiger partial charge in [0.1, 0.15) is 17.3 Å². The number of nitrogens with zero attached hydrogens (tertiary/aromatic N) is 3. The van der Waals surface area contributed by atoms with Crippen molar-refractivity contribution in [2.45, 2.75) is 24.1 Å². The maximum absolute atomic E-state index is 13.7. The molecule has 168 valence electrons. The molecule has 1 amide bonds. The molecule has 1 aromatic heterocycles. The minimum Gasteiger partial charge on any atom is -0.496 e. The first-order chi connectivity index (χ1) is 15.5. The minimum absolute atomic E-state index is 0.0323. The third-order valence-electron chi connectivity index (χ3n) is 5.46. The van der Waals surface area contributed by atoms with Crippen LogP contribution in [0.15, 0.2) is 57.9 Å². The second-order valence-electron chi connectivity index (χ2n) is 7.74. The largest absolute Gasteiger partial charge is 0.496 e. The molecule has 0 aliphatic carbocycles. The van der Waals surface area contributed by atoms with E-state index < -0.39 is 0 Å². The second-order valence-corrected chi connectivity index (χ2v) is 8.76. The summed E-state index contributed by atoms with van der Waals surface area (Å²) in [5.41, 5.74) is 2.37. The molecule has 1 saturated heterocycles. The van der Waals surface area contributed by atoms with Crippen LogP contribution in [0.4, 0.5) is 4.39 Å². The highest BCUT2D eigenvalue weighted by Crippen LogP contribution is 2.28. The lowest BCUT2D eigenvalue weighted by Crippen LogP contribution is -2.48. The van der Waals surface area contributed by atoms with Gasteiger partial charge in [0.25, 0.3) is 5.91 Å². The first-order valence-corrected chi connectivity index (χ1v) is 11.5. The fourth-order valence-electron chi connectivity index (χ4n) is 3.79. The molecule has 32 heavy (non-hydrogen) atoms. The molecule has 0 atom stereocenters. The van der Waals surface area contributed by atoms with Gasteiger partial charge in [-0.2, -0.15) is 0 Å². The monoisotopic (exact) mass is 455 g/mol. The number of aryl methyl sites for hydroxylation is 1. The van der Waals surface area contributed by atoms with Crippen molar-refractivity contribution < 1.29 is 18.4 Å². The van der Waals surface area contributed by atoms with Crippen molar-refractivity contribution in [2.24, 2.45) is 0 Å². The smallest absolute Gasteiger partial charge is 0.255 e. The van der Waals surface area contributed by atoms with Crippen LogP contribution in [0.1, 0.15) is 27.4 Å². The Balaban J connectivity index is 1.37. The van der Waals surface area contributed by atoms with Crippen LogP contribution in [-0.4, -0.2) is 54.2 Å². The standard InChI is InChI=1S/C24H26FN3O3S/c1-17-13-20(31-26-17)16-32-23-6-4-3-5-21(23)24(29)28-11-9-27(10-12-28)15-18-14-19(25)7-8-22(18)30-2/h3-8,13-14H,9-12,15-16H2,1-2H3. The summed E-state index contributed by atoms with van der Waals surface area (Å²) < 4.78 is 24.3. The molecule has 3 aromatic rings. The number of carbonyl (C=O) groups is 1. The Labute approximate surface area is 191 Å². The van der Waals surface area contributed by atoms with E-state index >= 15 is 0 Å². The molecule has 2 aromatic carbocycles. The predicted molar refractivity (Wildman–Crippen MR) is 121 cm³/mol. The lowest BCUT2D eigenvalue weighted by atomic mass is 10.1. The number of ether oxygens (including phenoxy) is 1. The van der Waals surface area contributed by atoms with Crippen LogP contribution in [0, 0.1) is 12.7 Å². The number of thioether (sulfide) groups is 1. The molecule has 4 rings (SSSR count). The van der Waals surface area contributed by atoms with Crippen molar-refractivity contribution in [1.29, 1.82) is 0 Å². The zero-order valence-corrected chi connectivity index (χ0v) is 19.0. The second kappa shape index (κ2) is 10.2. The Hall–Kier alpha value is -2.84. The normalized spacial score (nSPS) is 14.5. The summed E-state index contributed by atoms with van der Waals surface area (Å²) >= 11 is 1.57. The molecular weight excluding hydrogens is 429 g/mol. The number of carbonyl (C=O) groups excluding carboxylic acids is 1. The van der Waals surface area contributed by atoms with E-state index in [-0.39, 0.29) is 11.7 Å². The zero-order valence-electron chi connectivity index (χ0n) is 18.2. The Morgan fingerprint density at radius 3 is 2.66 bits per heavy atom. The van der Waals surface area contributed by atoms with Crippen LogP contribution >= 0.6 is 11.8 Å². The highest BCUT2D eigenvalue weighted by atomic mass is 32.2. The van der Waals surface area contributed by atoms with E-state index in [0.717, 1.165) is 35.0 Å². The lowest BCUT2D eigenvalue weighted by molar-refractivity contribution is 0.0624. The highest BCUT2D eigenvalue weighted by molar-refractivity contribution is 7.98. The number of halogens is 1. The van der Waals surface area contributed by atoms with E-state index in [1.165, 1.54) is 12.1 Å². The SMILES string of the molecule is COc1ccc(F)cc1CN1CCN(C(=O)c2ccccc2SCc2cc(C)no2)CC1. The average molecular weight is 456 g/mol. The number of methoxy groups -OCH3 is 1. The number of hydrogen-bond donors (Lipinski definition) is 0. The molecule has 0 N–H and O–H groups in total. The van der Waals surface area contributed by atoms with E-state index in [1.807, 2.05) is 42.2 Å². The van der Waals surface area contributed by atoms with E-state index in [4.69, 9.17) is 9.26 Å². The van der Waals surface area contributed by atoms with Gasteiger partial charge in [-0.15, -0.1) is 11.8 Å². The predicted octanol–water partition coefficient (Wildman–Crippen LogP) is 4.38. The van der Waals surface area contributed by atoms with Gasteiger partial charge in [-0.1, -0.05) is 17.3 Å². The number of rotatable bonds is 7. The summed E-state index contributed by atoms with van der Waals surface area (Å²) in [6.07, 6.45) is 0. The van der Waals surface area contributed by atoms with E-state index in [0.29, 0.717) is 36.7 Å². The van der Waals surface area contributed by atoms with Crippen LogP contribution in [0.5, 0.6) is 5.75 Å². The molecule has 0 unspecified atom stereocenters. The van der Waals surface area contributed by atoms with Crippen molar-refractivity contribution >= 4 is 17.7 Å². The molecule has 2 heterocycles. The molecule has 0 bridgehead atoms. The Bertz CT molecular complexity index is 1080. The fraction of sp³-hybridized carbons (Fsp3) is 0.333. The quantitative estimate of drug-likeness (QED) is 0.493. The number of amides is 1. The van der Waals surface area contributed by atoms with Gasteiger partial charge in [-0.3, -0.25) is 9.69 Å². The summed E-state index contributed by atoms with van der Waals surface area (Å²) in [6.45, 7) is 5.16. The molecule has 1 aliphatic heterocycles. The molecule has 6 nitrogen and oxygen atoms in total. The lowest BCUT2D eigenvalue weighted by Gasteiger charge is -2.35. The van der Waals surface area contributed by atoms with Gasteiger partial charge in [0.2, 0.25) is 0 Å². The van der Waals surface area contributed by atoms with Gasteiger partial charge in [-0.05, 0) is 37.3 Å². The number of hydrogen-bond acceptors (Lipinski definition) is 6. The molecule has 0 saturated carbocycles. The first-order valence-electron chi connectivity index (χ1n) is 10.5. The minimum atomic E-state index is -0.274. The fourth-order valence-corrected chi connectivity index (χ4v) is 4.71. The van der Waals surface area contributed by atoms with Crippen molar-refractivity contribution in [3.05, 3.63) is 76.9 Å². The highest BCUT2D eigenvalue weighted by Gasteiger charge is 2.24. The molecule has 0 spiro atoms. The summed E-state index contributed by atoms with van der Waals surface area (Å²) in [6, 6.07) is 14.1. The summed E-state index contributed by atoms with van der Waals surface area (Å²) in [5, 5.41) is 3.92. The number of benzene rings is 2. The van der Waals surface area contributed by atoms with Crippen molar-refractivity contribution in [2.75, 3.05) is 33.3 Å². The van der Waals surface area contributed by atoms with Crippen LogP contribution < -0.4 is 4.74 Å². The maximum atomic E-state index is 13.7. The average Bonchev–Trinajstić information content (AvgIpc) is 3.23. The van der Waals surface area contributed by atoms with Crippen LogP contribution in [0.2, 0.25) is 0 Å². The van der Waals surface area contributed by atoms with Crippen LogP contribution in [0.25, 0.3) is 0 Å². The van der Waals surface area contributed by atoms with Crippen molar-refractivity contribution in [3.8, 4) is 5.75 Å². The first kappa shape index (κ1) is 22.4. The van der Waals surface area contributed by atoms with Crippen molar-refractivity contribution in [1.82, 2.24) is 15.0 Å². The van der Waals surface area contributed by atoms with E-state index in [9.17, 15) is 9.18 Å². The Morgan fingerprint density at radius 2 is 1.94 bits per heavy atom. The third kappa shape index (κ3) is 5.31. The summed E-state index contributed by atoms with van der Waals surface area (Å²) in [5.74, 6) is 1.84. The number of piperazine rings is 1. The van der Waals surface area contributed by atoms with Crippen LogP contribution in [0.3, 0.4) is 0 Å². The maximum Gasteiger partial charge on any atom is 0.255 e. The molecular formula is C24H26FN3O3S. The number of aromatic nitrogens is 1. The van der Waals surface area contributed by atoms with Gasteiger partial charge >= 0.3 is 0 Å². The van der Waals surface area contributed by atoms with Gasteiger partial charge in [0, 0.05) is 49.2 Å². The molecule has 1 aliphatic rings. The van der Waals surface area contributed by atoms with Gasteiger partial charge < -0.3 is 14.2 Å². The molecule has 0 radical (unpaired) electrons.